The quantitative estimate of drug-likeness (QED) is 0.272. The fourth-order valence-corrected chi connectivity index (χ4v) is 4.38. The number of nitrogens with zero attached hydrogens (tertiary/aromatic N) is 4. The Morgan fingerprint density at radius 3 is 2.41 bits per heavy atom. The van der Waals surface area contributed by atoms with Gasteiger partial charge in [-0.1, -0.05) is 18.2 Å². The number of nitrogens with one attached hydrogen (secondary N) is 1. The summed E-state index contributed by atoms with van der Waals surface area (Å²) in [6.07, 6.45) is 1.39. The van der Waals surface area contributed by atoms with Crippen LogP contribution in [-0.4, -0.2) is 41.6 Å². The number of benzene rings is 2. The number of rotatable bonds is 7. The van der Waals surface area contributed by atoms with Crippen LogP contribution in [0.1, 0.15) is 22.3 Å². The fraction of sp³-hybridized carbons (Fsp3) is 0.217. The van der Waals surface area contributed by atoms with Gasteiger partial charge in [0.2, 0.25) is 5.89 Å². The first-order chi connectivity index (χ1) is 16.2. The molecule has 5 N–H and O–H groups in total. The number of hydrogen-bond acceptors (Lipinski definition) is 9. The van der Waals surface area contributed by atoms with Gasteiger partial charge < -0.3 is 15.5 Å². The molecule has 4 aromatic rings. The van der Waals surface area contributed by atoms with E-state index in [1.165, 1.54) is 18.3 Å². The van der Waals surface area contributed by atoms with Crippen LogP contribution < -0.4 is 11.1 Å². The molecule has 182 valence electrons. The summed E-state index contributed by atoms with van der Waals surface area (Å²) in [5, 5.41) is 10.7. The van der Waals surface area contributed by atoms with Gasteiger partial charge in [0.05, 0.1) is 16.8 Å². The Labute approximate surface area is 200 Å². The topological polar surface area (TPSA) is 143 Å². The monoisotopic (exact) mass is 488 g/mol. The summed E-state index contributed by atoms with van der Waals surface area (Å²) >= 11 is 0. The van der Waals surface area contributed by atoms with Crippen molar-refractivity contribution < 1.29 is 20.8 Å². The van der Waals surface area contributed by atoms with Crippen LogP contribution in [0, 0.1) is 5.82 Å². The highest BCUT2D eigenvalue weighted by molar-refractivity contribution is 8.24. The van der Waals surface area contributed by atoms with Crippen molar-refractivity contribution in [3.63, 3.8) is 0 Å². The molecule has 0 saturated heterocycles. The van der Waals surface area contributed by atoms with E-state index < -0.39 is 21.7 Å². The van der Waals surface area contributed by atoms with Gasteiger partial charge in [-0.2, -0.15) is 10.6 Å². The molecule has 34 heavy (non-hydrogen) atoms. The lowest BCUT2D eigenvalue weighted by molar-refractivity contribution is 0.466. The predicted octanol–water partition coefficient (Wildman–Crippen LogP) is 5.31. The molecule has 0 saturated carbocycles. The molecular formula is C23H29FN6O3S. The average molecular weight is 489 g/mol. The van der Waals surface area contributed by atoms with Crippen LogP contribution in [0.15, 0.2) is 58.0 Å². The van der Waals surface area contributed by atoms with E-state index in [-0.39, 0.29) is 25.2 Å². The summed E-state index contributed by atoms with van der Waals surface area (Å²) in [6.45, 7) is 3.98. The zero-order valence-electron chi connectivity index (χ0n) is 18.9. The summed E-state index contributed by atoms with van der Waals surface area (Å²) in [6, 6.07) is 11.7. The van der Waals surface area contributed by atoms with Crippen molar-refractivity contribution in [2.75, 3.05) is 12.8 Å². The van der Waals surface area contributed by atoms with E-state index in [2.05, 4.69) is 25.5 Å². The minimum atomic E-state index is -3.26. The van der Waals surface area contributed by atoms with Crippen molar-refractivity contribution in [1.82, 2.24) is 25.5 Å². The number of halogens is 1. The van der Waals surface area contributed by atoms with E-state index in [1.54, 1.807) is 19.9 Å². The Hall–Kier alpha value is -3.38. The predicted molar refractivity (Wildman–Crippen MR) is 134 cm³/mol. The van der Waals surface area contributed by atoms with Crippen molar-refractivity contribution in [1.29, 1.82) is 0 Å². The Balaban J connectivity index is 0.00000228. The molecule has 0 aliphatic rings. The Morgan fingerprint density at radius 2 is 1.76 bits per heavy atom. The normalized spacial score (nSPS) is 12.3. The maximum Gasteiger partial charge on any atom is 0.270 e. The standard InChI is InChI=1S/C23H25FN6O3S.2H2/c1-13(2)34(31,32)19-9-8-16(10-17(19)24)18-12-27-21(25)20(28-18)23-30-29-22(33-23)15-6-4-14(5-7-15)11-26-3;;/h4-10,12-13,26,31-32H,11H2,1-3H3,(H2,25,27);2*1H. The number of hydrogen-bond donors (Lipinski definition) is 4. The maximum atomic E-state index is 14.7. The van der Waals surface area contributed by atoms with Gasteiger partial charge in [0.1, 0.15) is 5.82 Å². The number of anilines is 1. The zero-order valence-corrected chi connectivity index (χ0v) is 19.7. The molecule has 0 aliphatic carbocycles. The lowest BCUT2D eigenvalue weighted by atomic mass is 10.1. The number of nitrogens with two attached hydrogens (primary N) is 1. The maximum absolute atomic E-state index is 14.7. The highest BCUT2D eigenvalue weighted by Gasteiger charge is 2.24. The minimum Gasteiger partial charge on any atom is -0.414 e. The highest BCUT2D eigenvalue weighted by atomic mass is 32.3. The molecule has 2 heterocycles. The largest absolute Gasteiger partial charge is 0.414 e. The van der Waals surface area contributed by atoms with Crippen molar-refractivity contribution >= 4 is 16.4 Å². The molecule has 0 fully saturated rings. The van der Waals surface area contributed by atoms with Gasteiger partial charge in [0, 0.05) is 25.8 Å². The summed E-state index contributed by atoms with van der Waals surface area (Å²) in [7, 11) is -1.39. The smallest absolute Gasteiger partial charge is 0.270 e. The number of aromatic nitrogens is 4. The first-order valence-corrected chi connectivity index (χ1v) is 12.1. The molecule has 11 heteroatoms. The first kappa shape index (κ1) is 23.8. The Bertz CT molecular complexity index is 1320. The summed E-state index contributed by atoms with van der Waals surface area (Å²) in [5.74, 6) is -0.290. The number of nitrogen functional groups attached to an aromatic ring is 1. The molecule has 2 aromatic carbocycles. The van der Waals surface area contributed by atoms with Crippen LogP contribution in [0.25, 0.3) is 34.3 Å². The SMILES string of the molecule is CNCc1ccc(-c2nnc(-c3nc(-c4ccc(S(O)(O)C(C)C)c(F)c4)cnc3N)o2)cc1.[HH].[HH]. The third-order valence-electron chi connectivity index (χ3n) is 5.22. The second-order valence-electron chi connectivity index (χ2n) is 7.92. The molecular weight excluding hydrogens is 459 g/mol. The van der Waals surface area contributed by atoms with Gasteiger partial charge in [-0.25, -0.2) is 14.4 Å². The second-order valence-corrected chi connectivity index (χ2v) is 10.5. The van der Waals surface area contributed by atoms with Gasteiger partial charge in [-0.3, -0.25) is 9.11 Å². The van der Waals surface area contributed by atoms with Crippen molar-refractivity contribution in [2.45, 2.75) is 30.5 Å². The van der Waals surface area contributed by atoms with Gasteiger partial charge in [0.15, 0.2) is 11.5 Å². The van der Waals surface area contributed by atoms with E-state index in [9.17, 15) is 13.5 Å². The van der Waals surface area contributed by atoms with Crippen molar-refractivity contribution in [3.8, 4) is 34.3 Å². The van der Waals surface area contributed by atoms with Crippen LogP contribution in [0.2, 0.25) is 0 Å². The minimum absolute atomic E-state index is 0. The van der Waals surface area contributed by atoms with E-state index in [4.69, 9.17) is 10.2 Å². The summed E-state index contributed by atoms with van der Waals surface area (Å²) in [4.78, 5) is 8.45. The van der Waals surface area contributed by atoms with Crippen LogP contribution >= 0.6 is 10.6 Å². The molecule has 0 atom stereocenters. The molecule has 0 spiro atoms. The molecule has 2 aromatic heterocycles. The fourth-order valence-electron chi connectivity index (χ4n) is 3.26. The van der Waals surface area contributed by atoms with E-state index >= 15 is 0 Å². The lowest BCUT2D eigenvalue weighted by Crippen LogP contribution is -2.12. The molecule has 4 rings (SSSR count). The molecule has 0 unspecified atom stereocenters. The molecule has 0 amide bonds. The van der Waals surface area contributed by atoms with Crippen molar-refractivity contribution in [2.24, 2.45) is 0 Å². The van der Waals surface area contributed by atoms with Crippen LogP contribution in [0.5, 0.6) is 0 Å². The van der Waals surface area contributed by atoms with E-state index in [0.29, 0.717) is 17.1 Å². The zero-order chi connectivity index (χ0) is 24.5. The average Bonchev–Trinajstić information content (AvgIpc) is 3.30. The summed E-state index contributed by atoms with van der Waals surface area (Å²) < 4.78 is 41.1. The van der Waals surface area contributed by atoms with Gasteiger partial charge in [0.25, 0.3) is 5.89 Å². The van der Waals surface area contributed by atoms with Gasteiger partial charge in [-0.05, 0) is 50.7 Å². The van der Waals surface area contributed by atoms with Gasteiger partial charge >= 0.3 is 0 Å². The third kappa shape index (κ3) is 4.64. The van der Waals surface area contributed by atoms with E-state index in [1.807, 2.05) is 31.3 Å². The van der Waals surface area contributed by atoms with E-state index in [0.717, 1.165) is 17.7 Å². The van der Waals surface area contributed by atoms with Gasteiger partial charge in [-0.15, -0.1) is 10.2 Å². The molecule has 0 aliphatic heterocycles. The van der Waals surface area contributed by atoms with Crippen molar-refractivity contribution in [3.05, 3.63) is 60.0 Å². The Morgan fingerprint density at radius 1 is 1.09 bits per heavy atom. The Kier molecular flexibility index (Phi) is 6.62. The van der Waals surface area contributed by atoms with Crippen LogP contribution in [0.4, 0.5) is 10.2 Å². The summed E-state index contributed by atoms with van der Waals surface area (Å²) in [5.41, 5.74) is 8.71. The molecule has 0 radical (unpaired) electrons. The second kappa shape index (κ2) is 9.47. The molecule has 9 nitrogen and oxygen atoms in total. The van der Waals surface area contributed by atoms with Crippen LogP contribution in [0.3, 0.4) is 0 Å². The highest BCUT2D eigenvalue weighted by Crippen LogP contribution is 2.53. The first-order valence-electron chi connectivity index (χ1n) is 10.5. The third-order valence-corrected chi connectivity index (χ3v) is 7.51. The molecule has 0 bridgehead atoms. The lowest BCUT2D eigenvalue weighted by Gasteiger charge is -2.36. The van der Waals surface area contributed by atoms with Crippen LogP contribution in [-0.2, 0) is 6.54 Å².